The summed E-state index contributed by atoms with van der Waals surface area (Å²) in [6, 6.07) is 34.2. The molecule has 282 valence electrons. The Morgan fingerprint density at radius 3 is 1.78 bits per heavy atom. The van der Waals surface area contributed by atoms with E-state index in [-0.39, 0.29) is 30.2 Å². The Morgan fingerprint density at radius 1 is 0.636 bits per heavy atom. The molecule has 6 unspecified atom stereocenters. The van der Waals surface area contributed by atoms with Crippen LogP contribution in [0.3, 0.4) is 0 Å². The Bertz CT molecular complexity index is 2200. The van der Waals surface area contributed by atoms with Gasteiger partial charge in [-0.2, -0.15) is 0 Å². The van der Waals surface area contributed by atoms with E-state index in [0.29, 0.717) is 21.7 Å². The maximum absolute atomic E-state index is 14.1. The Morgan fingerprint density at radius 2 is 1.20 bits per heavy atom. The van der Waals surface area contributed by atoms with Gasteiger partial charge >= 0.3 is 23.9 Å². The number of benzene rings is 5. The Hall–Kier alpha value is -5.71. The molecule has 5 aromatic rings. The standard InChI is InChI=1S/C43H37Cl2NO9/c1-25(34(21-28-16-19-32(44)33(45)20-28)55-41(50)31-18-17-29-14-8-9-15-30(29)22-31)46-39(47)35-36(40(48)49)38(43(52)54-24-27-12-6-3-7-13-27)37(35)42(51)53-23-26-10-4-2-5-11-26/h2-20,22,25,34-38H,21,23-24H2,1H3,(H,46,47)(H,48,49). The van der Waals surface area contributed by atoms with E-state index in [9.17, 15) is 29.1 Å². The van der Waals surface area contributed by atoms with Gasteiger partial charge in [0.15, 0.2) is 0 Å². The largest absolute Gasteiger partial charge is 0.481 e. The van der Waals surface area contributed by atoms with Crippen LogP contribution in [0, 0.1) is 23.7 Å². The van der Waals surface area contributed by atoms with Crippen molar-refractivity contribution in [2.75, 3.05) is 0 Å². The third kappa shape index (κ3) is 9.33. The van der Waals surface area contributed by atoms with Crippen LogP contribution in [0.5, 0.6) is 0 Å². The lowest BCUT2D eigenvalue weighted by Gasteiger charge is -2.45. The molecule has 6 rings (SSSR count). The molecule has 0 bridgehead atoms. The number of carbonyl (C=O) groups excluding carboxylic acids is 4. The topological polar surface area (TPSA) is 145 Å². The predicted octanol–water partition coefficient (Wildman–Crippen LogP) is 7.47. The molecule has 1 saturated carbocycles. The number of carboxylic acid groups (broad SMARTS) is 1. The van der Waals surface area contributed by atoms with Gasteiger partial charge in [0, 0.05) is 6.42 Å². The van der Waals surface area contributed by atoms with Crippen molar-refractivity contribution in [3.63, 3.8) is 0 Å². The van der Waals surface area contributed by atoms with Crippen molar-refractivity contribution in [2.24, 2.45) is 23.7 Å². The zero-order valence-corrected chi connectivity index (χ0v) is 31.1. The van der Waals surface area contributed by atoms with Gasteiger partial charge in [-0.15, -0.1) is 0 Å². The molecule has 1 aliphatic rings. The van der Waals surface area contributed by atoms with Crippen LogP contribution in [-0.2, 0) is 53.0 Å². The van der Waals surface area contributed by atoms with Gasteiger partial charge in [-0.3, -0.25) is 19.2 Å². The molecular weight excluding hydrogens is 745 g/mol. The second-order valence-electron chi connectivity index (χ2n) is 13.4. The SMILES string of the molecule is CC(NC(=O)C1C(C(=O)O)C(C(=O)OCc2ccccc2)C1C(=O)OCc1ccccc1)C(Cc1ccc(Cl)c(Cl)c1)OC(=O)c1ccc2ccccc2c1. The number of aliphatic carboxylic acids is 1. The first kappa shape index (κ1) is 39.0. The highest BCUT2D eigenvalue weighted by atomic mass is 35.5. The lowest BCUT2D eigenvalue weighted by atomic mass is 9.56. The first-order chi connectivity index (χ1) is 26.5. The summed E-state index contributed by atoms with van der Waals surface area (Å²) in [6.07, 6.45) is -0.916. The normalized spacial score (nSPS) is 18.6. The zero-order chi connectivity index (χ0) is 39.1. The van der Waals surface area contributed by atoms with Gasteiger partial charge in [-0.1, -0.05) is 120 Å². The van der Waals surface area contributed by atoms with Gasteiger partial charge < -0.3 is 24.6 Å². The van der Waals surface area contributed by atoms with Crippen LogP contribution in [0.2, 0.25) is 10.0 Å². The number of carboxylic acids is 1. The van der Waals surface area contributed by atoms with Crippen LogP contribution in [0.15, 0.2) is 121 Å². The van der Waals surface area contributed by atoms with Crippen molar-refractivity contribution in [1.29, 1.82) is 0 Å². The van der Waals surface area contributed by atoms with Crippen LogP contribution in [0.25, 0.3) is 10.8 Å². The van der Waals surface area contributed by atoms with E-state index in [1.165, 1.54) is 0 Å². The summed E-state index contributed by atoms with van der Waals surface area (Å²) < 4.78 is 17.0. The summed E-state index contributed by atoms with van der Waals surface area (Å²) in [5.74, 6) is -10.9. The van der Waals surface area contributed by atoms with Gasteiger partial charge in [-0.25, -0.2) is 4.79 Å². The first-order valence-electron chi connectivity index (χ1n) is 17.6. The monoisotopic (exact) mass is 781 g/mol. The summed E-state index contributed by atoms with van der Waals surface area (Å²) >= 11 is 12.4. The molecule has 10 nitrogen and oxygen atoms in total. The van der Waals surface area contributed by atoms with E-state index in [2.05, 4.69) is 5.32 Å². The molecule has 6 atom stereocenters. The summed E-state index contributed by atoms with van der Waals surface area (Å²) in [6.45, 7) is 1.26. The predicted molar refractivity (Wildman–Crippen MR) is 205 cm³/mol. The average molecular weight is 783 g/mol. The third-order valence-corrected chi connectivity index (χ3v) is 10.5. The number of ether oxygens (including phenoxy) is 3. The van der Waals surface area contributed by atoms with Crippen molar-refractivity contribution < 1.29 is 43.3 Å². The molecule has 12 heteroatoms. The fourth-order valence-electron chi connectivity index (χ4n) is 6.77. The van der Waals surface area contributed by atoms with Crippen molar-refractivity contribution in [3.8, 4) is 0 Å². The smallest absolute Gasteiger partial charge is 0.338 e. The molecule has 0 heterocycles. The molecule has 1 amide bonds. The summed E-state index contributed by atoms with van der Waals surface area (Å²) in [5.41, 5.74) is 2.22. The number of esters is 3. The molecule has 0 radical (unpaired) electrons. The number of halogens is 2. The highest BCUT2D eigenvalue weighted by molar-refractivity contribution is 6.42. The number of nitrogens with one attached hydrogen (secondary N) is 1. The van der Waals surface area contributed by atoms with Crippen LogP contribution in [0.1, 0.15) is 34.0 Å². The Labute approximate surface area is 327 Å². The maximum atomic E-state index is 14.1. The highest BCUT2D eigenvalue weighted by Gasteiger charge is 2.65. The van der Waals surface area contributed by atoms with Crippen molar-refractivity contribution in [3.05, 3.63) is 154 Å². The van der Waals surface area contributed by atoms with Gasteiger partial charge in [0.2, 0.25) is 5.91 Å². The molecule has 0 saturated heterocycles. The molecule has 55 heavy (non-hydrogen) atoms. The minimum absolute atomic E-state index is 0.0850. The number of hydrogen-bond donors (Lipinski definition) is 2. The van der Waals surface area contributed by atoms with Crippen LogP contribution in [-0.4, -0.2) is 47.0 Å². The maximum Gasteiger partial charge on any atom is 0.338 e. The van der Waals surface area contributed by atoms with E-state index in [0.717, 1.165) is 10.8 Å². The van der Waals surface area contributed by atoms with Gasteiger partial charge in [-0.05, 0) is 58.7 Å². The fraction of sp³-hybridized carbons (Fsp3) is 0.233. The molecule has 2 N–H and O–H groups in total. The highest BCUT2D eigenvalue weighted by Crippen LogP contribution is 2.48. The van der Waals surface area contributed by atoms with Gasteiger partial charge in [0.25, 0.3) is 0 Å². The summed E-state index contributed by atoms with van der Waals surface area (Å²) in [5, 5.41) is 15.5. The van der Waals surface area contributed by atoms with Crippen LogP contribution in [0.4, 0.5) is 0 Å². The molecule has 5 aromatic carbocycles. The number of hydrogen-bond acceptors (Lipinski definition) is 8. The minimum Gasteiger partial charge on any atom is -0.481 e. The molecule has 0 spiro atoms. The molecule has 0 aliphatic heterocycles. The third-order valence-electron chi connectivity index (χ3n) is 9.72. The number of rotatable bonds is 14. The van der Waals surface area contributed by atoms with Crippen LogP contribution >= 0.6 is 23.2 Å². The van der Waals surface area contributed by atoms with Gasteiger partial charge in [0.05, 0.1) is 45.3 Å². The second-order valence-corrected chi connectivity index (χ2v) is 14.2. The summed E-state index contributed by atoms with van der Waals surface area (Å²) in [7, 11) is 0. The molecule has 1 fully saturated rings. The second kappa shape index (κ2) is 17.6. The van der Waals surface area contributed by atoms with E-state index in [4.69, 9.17) is 37.4 Å². The van der Waals surface area contributed by atoms with Crippen molar-refractivity contribution >= 4 is 63.8 Å². The number of amides is 1. The minimum atomic E-state index is -1.61. The lowest BCUT2D eigenvalue weighted by Crippen LogP contribution is -2.63. The Kier molecular flexibility index (Phi) is 12.5. The van der Waals surface area contributed by atoms with E-state index >= 15 is 0 Å². The number of carbonyl (C=O) groups is 5. The molecule has 0 aromatic heterocycles. The number of fused-ring (bicyclic) bond motifs is 1. The van der Waals surface area contributed by atoms with E-state index < -0.39 is 65.6 Å². The lowest BCUT2D eigenvalue weighted by molar-refractivity contribution is -0.193. The Balaban J connectivity index is 1.25. The first-order valence-corrected chi connectivity index (χ1v) is 18.3. The average Bonchev–Trinajstić information content (AvgIpc) is 3.17. The molecular formula is C43H37Cl2NO9. The quantitative estimate of drug-likeness (QED) is 0.0866. The molecule has 1 aliphatic carbocycles. The summed E-state index contributed by atoms with van der Waals surface area (Å²) in [4.78, 5) is 67.6. The van der Waals surface area contributed by atoms with Crippen molar-refractivity contribution in [2.45, 2.75) is 38.7 Å². The van der Waals surface area contributed by atoms with E-state index in [1.807, 2.05) is 24.3 Å². The van der Waals surface area contributed by atoms with Gasteiger partial charge in [0.1, 0.15) is 19.3 Å². The zero-order valence-electron chi connectivity index (χ0n) is 29.6. The van der Waals surface area contributed by atoms with E-state index in [1.54, 1.807) is 104 Å². The fourth-order valence-corrected chi connectivity index (χ4v) is 7.09. The van der Waals surface area contributed by atoms with Crippen LogP contribution < -0.4 is 5.32 Å². The van der Waals surface area contributed by atoms with Crippen molar-refractivity contribution in [1.82, 2.24) is 5.32 Å².